The van der Waals surface area contributed by atoms with Crippen molar-refractivity contribution < 1.29 is 0 Å². The summed E-state index contributed by atoms with van der Waals surface area (Å²) in [5.41, 5.74) is 1.44. The molecule has 1 saturated heterocycles. The largest absolute Gasteiger partial charge is 0.317 e. The van der Waals surface area contributed by atoms with E-state index in [0.717, 1.165) is 12.5 Å². The number of hydrogen-bond donors (Lipinski definition) is 1. The van der Waals surface area contributed by atoms with Gasteiger partial charge in [-0.3, -0.25) is 4.90 Å². The van der Waals surface area contributed by atoms with Gasteiger partial charge in [0.05, 0.1) is 0 Å². The summed E-state index contributed by atoms with van der Waals surface area (Å²) in [5.74, 6) is 0.854. The van der Waals surface area contributed by atoms with E-state index in [2.05, 4.69) is 54.5 Å². The van der Waals surface area contributed by atoms with Crippen molar-refractivity contribution in [3.8, 4) is 0 Å². The van der Waals surface area contributed by atoms with Gasteiger partial charge in [-0.15, -0.1) is 0 Å². The quantitative estimate of drug-likeness (QED) is 0.858. The van der Waals surface area contributed by atoms with Gasteiger partial charge in [-0.25, -0.2) is 0 Å². The third-order valence-electron chi connectivity index (χ3n) is 4.04. The smallest absolute Gasteiger partial charge is 0.0233 e. The molecule has 0 saturated carbocycles. The summed E-state index contributed by atoms with van der Waals surface area (Å²) in [7, 11) is 2.07. The molecule has 17 heavy (non-hydrogen) atoms. The molecule has 1 aliphatic heterocycles. The molecule has 0 aromatic heterocycles. The van der Waals surface area contributed by atoms with Gasteiger partial charge >= 0.3 is 0 Å². The molecule has 1 aromatic rings. The van der Waals surface area contributed by atoms with Crippen LogP contribution in [0.4, 0.5) is 0 Å². The van der Waals surface area contributed by atoms with Gasteiger partial charge in [-0.1, -0.05) is 30.3 Å². The second kappa shape index (κ2) is 6.18. The molecule has 2 nitrogen and oxygen atoms in total. The molecule has 1 aliphatic rings. The average molecular weight is 232 g/mol. The zero-order valence-electron chi connectivity index (χ0n) is 11.0. The molecule has 2 heteroatoms. The summed E-state index contributed by atoms with van der Waals surface area (Å²) < 4.78 is 0. The van der Waals surface area contributed by atoms with Crippen LogP contribution < -0.4 is 5.32 Å². The predicted molar refractivity (Wildman–Crippen MR) is 73.0 cm³/mol. The molecule has 1 heterocycles. The molecule has 0 amide bonds. The Balaban J connectivity index is 1.80. The molecule has 2 rings (SSSR count). The van der Waals surface area contributed by atoms with E-state index in [-0.39, 0.29) is 0 Å². The van der Waals surface area contributed by atoms with E-state index in [1.807, 2.05) is 0 Å². The lowest BCUT2D eigenvalue weighted by molar-refractivity contribution is 0.159. The average Bonchev–Trinajstić information content (AvgIpc) is 2.40. The highest BCUT2D eigenvalue weighted by molar-refractivity contribution is 5.14. The minimum atomic E-state index is 0.661. The van der Waals surface area contributed by atoms with Crippen LogP contribution in [0.2, 0.25) is 0 Å². The van der Waals surface area contributed by atoms with Crippen molar-refractivity contribution in [2.24, 2.45) is 5.92 Å². The van der Waals surface area contributed by atoms with Gasteiger partial charge in [-0.05, 0) is 51.4 Å². The van der Waals surface area contributed by atoms with Crippen molar-refractivity contribution >= 4 is 0 Å². The first-order valence-corrected chi connectivity index (χ1v) is 6.73. The van der Waals surface area contributed by atoms with Crippen LogP contribution in [0.25, 0.3) is 0 Å². The van der Waals surface area contributed by atoms with E-state index in [9.17, 15) is 0 Å². The maximum absolute atomic E-state index is 3.38. The number of benzene rings is 1. The van der Waals surface area contributed by atoms with E-state index in [4.69, 9.17) is 0 Å². The minimum Gasteiger partial charge on any atom is -0.317 e. The Morgan fingerprint density at radius 3 is 2.47 bits per heavy atom. The molecule has 1 fully saturated rings. The topological polar surface area (TPSA) is 15.3 Å². The van der Waals surface area contributed by atoms with Crippen LogP contribution in [0.5, 0.6) is 0 Å². The molecular formula is C15H24N2. The van der Waals surface area contributed by atoms with Crippen LogP contribution >= 0.6 is 0 Å². The third-order valence-corrected chi connectivity index (χ3v) is 4.04. The number of likely N-dealkylation sites (tertiary alicyclic amines) is 1. The highest BCUT2D eigenvalue weighted by Gasteiger charge is 2.22. The van der Waals surface area contributed by atoms with E-state index in [0.29, 0.717) is 6.04 Å². The molecule has 1 unspecified atom stereocenters. The zero-order chi connectivity index (χ0) is 12.1. The molecule has 1 aromatic carbocycles. The monoisotopic (exact) mass is 232 g/mol. The lowest BCUT2D eigenvalue weighted by atomic mass is 9.90. The SMILES string of the molecule is CNC(C)C1CCN(Cc2ccccc2)CC1. The summed E-state index contributed by atoms with van der Waals surface area (Å²) in [6.07, 6.45) is 2.66. The van der Waals surface area contributed by atoms with Crippen molar-refractivity contribution in [3.05, 3.63) is 35.9 Å². The first kappa shape index (κ1) is 12.6. The molecule has 0 aliphatic carbocycles. The molecular weight excluding hydrogens is 208 g/mol. The number of rotatable bonds is 4. The van der Waals surface area contributed by atoms with Gasteiger partial charge in [-0.2, -0.15) is 0 Å². The third kappa shape index (κ3) is 3.55. The molecule has 0 spiro atoms. The molecule has 0 radical (unpaired) electrons. The Kier molecular flexibility index (Phi) is 4.57. The fourth-order valence-electron chi connectivity index (χ4n) is 2.69. The summed E-state index contributed by atoms with van der Waals surface area (Å²) in [5, 5.41) is 3.38. The first-order chi connectivity index (χ1) is 8.29. The van der Waals surface area contributed by atoms with Gasteiger partial charge < -0.3 is 5.32 Å². The molecule has 1 N–H and O–H groups in total. The Hall–Kier alpha value is -0.860. The Bertz CT molecular complexity index is 315. The minimum absolute atomic E-state index is 0.661. The summed E-state index contributed by atoms with van der Waals surface area (Å²) in [4.78, 5) is 2.58. The Labute approximate surface area is 105 Å². The summed E-state index contributed by atoms with van der Waals surface area (Å²) >= 11 is 0. The number of nitrogens with zero attached hydrogens (tertiary/aromatic N) is 1. The van der Waals surface area contributed by atoms with E-state index < -0.39 is 0 Å². The predicted octanol–water partition coefficient (Wildman–Crippen LogP) is 2.51. The molecule has 1 atom stereocenters. The highest BCUT2D eigenvalue weighted by Crippen LogP contribution is 2.21. The fourth-order valence-corrected chi connectivity index (χ4v) is 2.69. The Morgan fingerprint density at radius 2 is 1.88 bits per heavy atom. The van der Waals surface area contributed by atoms with E-state index >= 15 is 0 Å². The first-order valence-electron chi connectivity index (χ1n) is 6.73. The second-order valence-electron chi connectivity index (χ2n) is 5.18. The van der Waals surface area contributed by atoms with Crippen LogP contribution in [0.3, 0.4) is 0 Å². The zero-order valence-corrected chi connectivity index (χ0v) is 11.0. The van der Waals surface area contributed by atoms with E-state index in [1.54, 1.807) is 0 Å². The van der Waals surface area contributed by atoms with E-state index in [1.165, 1.54) is 31.5 Å². The highest BCUT2D eigenvalue weighted by atomic mass is 15.1. The molecule has 94 valence electrons. The second-order valence-corrected chi connectivity index (χ2v) is 5.18. The number of piperidine rings is 1. The Morgan fingerprint density at radius 1 is 1.24 bits per heavy atom. The van der Waals surface area contributed by atoms with Crippen molar-refractivity contribution in [1.29, 1.82) is 0 Å². The number of hydrogen-bond acceptors (Lipinski definition) is 2. The van der Waals surface area contributed by atoms with Crippen LogP contribution in [-0.4, -0.2) is 31.1 Å². The fraction of sp³-hybridized carbons (Fsp3) is 0.600. The van der Waals surface area contributed by atoms with Crippen LogP contribution in [0.1, 0.15) is 25.3 Å². The lowest BCUT2D eigenvalue weighted by Crippen LogP contribution is -2.40. The maximum atomic E-state index is 3.38. The maximum Gasteiger partial charge on any atom is 0.0233 e. The van der Waals surface area contributed by atoms with Crippen LogP contribution in [-0.2, 0) is 6.54 Å². The van der Waals surface area contributed by atoms with Crippen molar-refractivity contribution in [1.82, 2.24) is 10.2 Å². The van der Waals surface area contributed by atoms with Gasteiger partial charge in [0, 0.05) is 12.6 Å². The van der Waals surface area contributed by atoms with Crippen molar-refractivity contribution in [2.45, 2.75) is 32.4 Å². The summed E-state index contributed by atoms with van der Waals surface area (Å²) in [6.45, 7) is 5.90. The number of nitrogens with one attached hydrogen (secondary N) is 1. The van der Waals surface area contributed by atoms with Gasteiger partial charge in [0.15, 0.2) is 0 Å². The van der Waals surface area contributed by atoms with Crippen molar-refractivity contribution in [3.63, 3.8) is 0 Å². The summed E-state index contributed by atoms with van der Waals surface area (Å²) in [6, 6.07) is 11.5. The normalized spacial score (nSPS) is 20.4. The van der Waals surface area contributed by atoms with Crippen LogP contribution in [0.15, 0.2) is 30.3 Å². The van der Waals surface area contributed by atoms with Crippen molar-refractivity contribution in [2.75, 3.05) is 20.1 Å². The van der Waals surface area contributed by atoms with Gasteiger partial charge in [0.25, 0.3) is 0 Å². The molecule has 0 bridgehead atoms. The standard InChI is InChI=1S/C15H24N2/c1-13(16-2)15-8-10-17(11-9-15)12-14-6-4-3-5-7-14/h3-7,13,15-16H,8-12H2,1-2H3. The van der Waals surface area contributed by atoms with Gasteiger partial charge in [0.2, 0.25) is 0 Å². The van der Waals surface area contributed by atoms with Crippen LogP contribution in [0, 0.1) is 5.92 Å². The lowest BCUT2D eigenvalue weighted by Gasteiger charge is -2.34. The van der Waals surface area contributed by atoms with Gasteiger partial charge in [0.1, 0.15) is 0 Å².